The number of aliphatic hydroxyl groups excluding tert-OH is 2. The first-order valence-corrected chi connectivity index (χ1v) is 22.7. The second-order valence-corrected chi connectivity index (χ2v) is 19.8. The van der Waals surface area contributed by atoms with Gasteiger partial charge in [0.2, 0.25) is 0 Å². The maximum Gasteiger partial charge on any atom is 0.416 e. The van der Waals surface area contributed by atoms with E-state index < -0.39 is 125 Å². The van der Waals surface area contributed by atoms with Crippen LogP contribution in [0.2, 0.25) is 0 Å². The van der Waals surface area contributed by atoms with Gasteiger partial charge in [0.15, 0.2) is 12.6 Å². The fourth-order valence-corrected chi connectivity index (χ4v) is 9.73. The molecule has 1 aromatic rings. The fourth-order valence-electron chi connectivity index (χ4n) is 9.73. The molecule has 2 amide bonds. The van der Waals surface area contributed by atoms with E-state index in [0.717, 1.165) is 17.0 Å². The average molecular weight is 936 g/mol. The maximum absolute atomic E-state index is 14.4. The lowest BCUT2D eigenvalue weighted by molar-refractivity contribution is -0.334. The van der Waals surface area contributed by atoms with Gasteiger partial charge < -0.3 is 64.2 Å². The largest absolute Gasteiger partial charge is 0.459 e. The highest BCUT2D eigenvalue weighted by atomic mass is 19.4. The summed E-state index contributed by atoms with van der Waals surface area (Å²) in [5.74, 6) is -3.20. The Balaban J connectivity index is 1.77. The Hall–Kier alpha value is -2.69. The Morgan fingerprint density at radius 1 is 0.938 bits per heavy atom. The van der Waals surface area contributed by atoms with Crippen molar-refractivity contribution in [1.82, 2.24) is 10.2 Å². The van der Waals surface area contributed by atoms with Crippen LogP contribution in [0, 0.1) is 17.8 Å². The first-order valence-electron chi connectivity index (χ1n) is 22.7. The molecule has 374 valence electrons. The summed E-state index contributed by atoms with van der Waals surface area (Å²) in [4.78, 5) is 30.7. The van der Waals surface area contributed by atoms with Gasteiger partial charge in [-0.25, -0.2) is 4.79 Å². The van der Waals surface area contributed by atoms with Crippen LogP contribution < -0.4 is 10.2 Å². The molecule has 3 fully saturated rings. The van der Waals surface area contributed by atoms with Crippen LogP contribution in [0.15, 0.2) is 24.3 Å². The smallest absolute Gasteiger partial charge is 0.416 e. The molecule has 4 rings (SSSR count). The van der Waals surface area contributed by atoms with Crippen molar-refractivity contribution in [2.45, 2.75) is 198 Å². The number of alkyl halides is 3. The Labute approximate surface area is 382 Å². The number of carbonyl (C=O) groups excluding carboxylic acids is 2. The van der Waals surface area contributed by atoms with Crippen molar-refractivity contribution in [3.63, 3.8) is 0 Å². The van der Waals surface area contributed by atoms with E-state index in [1.807, 2.05) is 6.92 Å². The number of carbonyl (C=O) groups is 2. The van der Waals surface area contributed by atoms with Crippen LogP contribution >= 0.6 is 0 Å². The summed E-state index contributed by atoms with van der Waals surface area (Å²) < 4.78 is 77.7. The molecule has 0 radical (unpaired) electrons. The van der Waals surface area contributed by atoms with E-state index in [0.29, 0.717) is 0 Å². The van der Waals surface area contributed by atoms with E-state index in [1.165, 1.54) is 45.2 Å². The van der Waals surface area contributed by atoms with Gasteiger partial charge in [-0.15, -0.1) is 0 Å². The van der Waals surface area contributed by atoms with Crippen molar-refractivity contribution in [2.24, 2.45) is 17.8 Å². The molecule has 19 heteroatoms. The number of amides is 2. The molecule has 3 saturated heterocycles. The number of halogens is 3. The number of aliphatic hydroxyl groups is 5. The molecule has 16 nitrogen and oxygen atoms in total. The minimum Gasteiger partial charge on any atom is -0.459 e. The van der Waals surface area contributed by atoms with E-state index in [-0.39, 0.29) is 43.8 Å². The van der Waals surface area contributed by atoms with Crippen LogP contribution in [0.5, 0.6) is 0 Å². The summed E-state index contributed by atoms with van der Waals surface area (Å²) in [7, 11) is 4.32. The van der Waals surface area contributed by atoms with Gasteiger partial charge in [-0.05, 0) is 111 Å². The number of likely N-dealkylation sites (N-methyl/N-ethyl adjacent to an activating group) is 1. The van der Waals surface area contributed by atoms with Crippen molar-refractivity contribution < 1.29 is 76.7 Å². The molecule has 0 aliphatic carbocycles. The zero-order valence-corrected chi connectivity index (χ0v) is 40.5. The molecular formula is C46H76F3N3O13. The minimum absolute atomic E-state index is 0.0117. The lowest BCUT2D eigenvalue weighted by atomic mass is 9.76. The average Bonchev–Trinajstić information content (AvgIpc) is 3.23. The summed E-state index contributed by atoms with van der Waals surface area (Å²) in [6.45, 7) is 18.5. The minimum atomic E-state index is -4.57. The molecule has 0 bridgehead atoms. The van der Waals surface area contributed by atoms with Crippen LogP contribution in [-0.4, -0.2) is 160 Å². The van der Waals surface area contributed by atoms with Crippen molar-refractivity contribution in [1.29, 1.82) is 0 Å². The van der Waals surface area contributed by atoms with Gasteiger partial charge in [-0.2, -0.15) is 13.2 Å². The Bertz CT molecular complexity index is 1740. The number of nitrogens with one attached hydrogen (secondary N) is 1. The number of hydrogen-bond acceptors (Lipinski definition) is 14. The van der Waals surface area contributed by atoms with Gasteiger partial charge in [0.1, 0.15) is 35.1 Å². The number of esters is 1. The number of ether oxygens (including phenoxy) is 6. The zero-order chi connectivity index (χ0) is 49.4. The fraction of sp³-hybridized carbons (Fsp3) is 0.826. The predicted octanol–water partition coefficient (Wildman–Crippen LogP) is 4.59. The summed E-state index contributed by atoms with van der Waals surface area (Å²) in [5.41, 5.74) is -6.99. The van der Waals surface area contributed by atoms with Crippen LogP contribution in [0.3, 0.4) is 0 Å². The monoisotopic (exact) mass is 936 g/mol. The molecule has 0 spiro atoms. The van der Waals surface area contributed by atoms with E-state index >= 15 is 0 Å². The number of hydrogen-bond donors (Lipinski definition) is 6. The summed E-state index contributed by atoms with van der Waals surface area (Å²) in [6.07, 6.45) is -14.7. The lowest BCUT2D eigenvalue weighted by Crippen LogP contribution is -2.65. The van der Waals surface area contributed by atoms with E-state index in [2.05, 4.69) is 5.32 Å². The van der Waals surface area contributed by atoms with Gasteiger partial charge in [0.25, 0.3) is 0 Å². The second kappa shape index (κ2) is 20.9. The Morgan fingerprint density at radius 3 is 2.09 bits per heavy atom. The van der Waals surface area contributed by atoms with Crippen molar-refractivity contribution >= 4 is 17.7 Å². The maximum atomic E-state index is 14.4. The van der Waals surface area contributed by atoms with Crippen LogP contribution in [0.4, 0.5) is 23.7 Å². The molecule has 6 N–H and O–H groups in total. The summed E-state index contributed by atoms with van der Waals surface area (Å²) in [5, 5.41) is 62.5. The molecule has 3 heterocycles. The normalized spacial score (nSPS) is 42.9. The molecule has 0 unspecified atom stereocenters. The zero-order valence-electron chi connectivity index (χ0n) is 40.5. The quantitative estimate of drug-likeness (QED) is 0.197. The first kappa shape index (κ1) is 54.9. The number of urea groups is 1. The van der Waals surface area contributed by atoms with Crippen LogP contribution in [0.1, 0.15) is 107 Å². The van der Waals surface area contributed by atoms with Gasteiger partial charge in [0.05, 0.1) is 47.5 Å². The number of cyclic esters (lactones) is 1. The summed E-state index contributed by atoms with van der Waals surface area (Å²) in [6, 6.07) is 1.85. The number of nitrogens with zero attached hydrogens (tertiary/aromatic N) is 2. The highest BCUT2D eigenvalue weighted by Gasteiger charge is 2.56. The number of benzene rings is 1. The van der Waals surface area contributed by atoms with Gasteiger partial charge in [-0.3, -0.25) is 9.69 Å². The van der Waals surface area contributed by atoms with Gasteiger partial charge in [-0.1, -0.05) is 20.8 Å². The lowest BCUT2D eigenvalue weighted by Gasteiger charge is -2.52. The van der Waals surface area contributed by atoms with Crippen molar-refractivity contribution in [3.8, 4) is 0 Å². The van der Waals surface area contributed by atoms with Crippen molar-refractivity contribution in [3.05, 3.63) is 29.8 Å². The highest BCUT2D eigenvalue weighted by molar-refractivity contribution is 5.91. The second-order valence-electron chi connectivity index (χ2n) is 19.8. The molecule has 18 atom stereocenters. The molecule has 0 saturated carbocycles. The van der Waals surface area contributed by atoms with Gasteiger partial charge >= 0.3 is 18.2 Å². The standard InChI is InChI=1S/C46H76F3N3O13/c1-15-33-44(10,58)37(54)28(6)50-23-24(2)21-42(8,57)38(26(4)36(27(5)39(55)63-33)64-34-22-43(9,60-14)45(11,59)29(7)62-34)65-40-35(53)32(20-25(3)61-40)52(13)41(56)51(12)31-18-16-30(17-19-31)46(47,48)49/h16-19,24-29,32-38,40,50,53-54,57-59H,15,20-23H2,1-14H3/t24-,25-,26+,27-,28-,29+,32+,33-,34+,35-,36+,37-,38-,40+,42-,43-,44-,45+/m1/s1. The number of methoxy groups -OCH3 is 1. The molecule has 3 aliphatic rings. The third-order valence-electron chi connectivity index (χ3n) is 14.5. The van der Waals surface area contributed by atoms with E-state index in [4.69, 9.17) is 28.4 Å². The Kier molecular flexibility index (Phi) is 17.7. The number of rotatable bonds is 8. The van der Waals surface area contributed by atoms with Crippen LogP contribution in [0.25, 0.3) is 0 Å². The third kappa shape index (κ3) is 12.0. The number of anilines is 1. The molecule has 65 heavy (non-hydrogen) atoms. The molecule has 1 aromatic carbocycles. The van der Waals surface area contributed by atoms with E-state index in [1.54, 1.807) is 62.3 Å². The topological polar surface area (TPSA) is 209 Å². The molecular weight excluding hydrogens is 860 g/mol. The van der Waals surface area contributed by atoms with Crippen molar-refractivity contribution in [2.75, 3.05) is 32.6 Å². The van der Waals surface area contributed by atoms with E-state index in [9.17, 15) is 48.3 Å². The third-order valence-corrected chi connectivity index (χ3v) is 14.5. The Morgan fingerprint density at radius 2 is 1.54 bits per heavy atom. The molecule has 0 aromatic heterocycles. The highest BCUT2D eigenvalue weighted by Crippen LogP contribution is 2.43. The molecule has 3 aliphatic heterocycles. The SMILES string of the molecule is CC[C@H]1OC(=O)[C@H](C)[C@@H](O[C@H]2C[C@@](C)(OC)[C@@](C)(O)[C@H](C)O2)[C@H](C)[C@@H](O[C@@H]2O[C@H](C)C[C@H](N(C)C(=O)N(C)c3ccc(C(F)(F)F)cc3)[C@H]2O)[C@](C)(O)C[C@@H](C)CN[C@H](C)[C@@H](O)[C@]1(C)O. The van der Waals surface area contributed by atoms with Gasteiger partial charge in [0, 0.05) is 45.3 Å². The predicted molar refractivity (Wildman–Crippen MR) is 233 cm³/mol. The summed E-state index contributed by atoms with van der Waals surface area (Å²) >= 11 is 0. The van der Waals surface area contributed by atoms with Crippen LogP contribution in [-0.2, 0) is 39.4 Å². The first-order chi connectivity index (χ1) is 29.8.